The molecule has 4 aromatic rings. The van der Waals surface area contributed by atoms with Crippen molar-refractivity contribution in [2.75, 3.05) is 31.5 Å². The van der Waals surface area contributed by atoms with Gasteiger partial charge in [0.1, 0.15) is 5.69 Å². The number of hydrogen-bond donors (Lipinski definition) is 2. The van der Waals surface area contributed by atoms with E-state index in [0.29, 0.717) is 23.6 Å². The highest BCUT2D eigenvalue weighted by atomic mass is 19.3. The fraction of sp³-hybridized carbons (Fsp3) is 0.538. The Morgan fingerprint density at radius 2 is 1.86 bits per heavy atom. The maximum absolute atomic E-state index is 13.8. The minimum Gasteiger partial charge on any atom is -0.368 e. The lowest BCUT2D eigenvalue weighted by Crippen LogP contribution is -2.43. The minimum atomic E-state index is -2.53. The summed E-state index contributed by atoms with van der Waals surface area (Å²) in [4.78, 5) is 2.72. The molecule has 1 saturated carbocycles. The lowest BCUT2D eigenvalue weighted by atomic mass is 9.84. The number of rotatable bonds is 10. The Labute approximate surface area is 294 Å². The molecule has 5 heterocycles. The molecule has 1 saturated heterocycles. The normalized spacial score (nSPS) is 20.0. The highest BCUT2D eigenvalue weighted by molar-refractivity contribution is 5.67. The Hall–Kier alpha value is -4.14. The van der Waals surface area contributed by atoms with Gasteiger partial charge in [0.25, 0.3) is 6.43 Å². The molecule has 50 heavy (non-hydrogen) atoms. The molecule has 9 nitrogen and oxygen atoms in total. The van der Waals surface area contributed by atoms with Crippen molar-refractivity contribution in [1.29, 1.82) is 0 Å². The first-order valence-electron chi connectivity index (χ1n) is 18.5. The van der Waals surface area contributed by atoms with Crippen molar-refractivity contribution < 1.29 is 8.78 Å². The number of fused-ring (bicyclic) bond motifs is 1. The Morgan fingerprint density at radius 3 is 2.58 bits per heavy atom. The molecule has 0 amide bonds. The molecule has 0 unspecified atom stereocenters. The third-order valence-electron chi connectivity index (χ3n) is 10.8. The van der Waals surface area contributed by atoms with Gasteiger partial charge in [-0.25, -0.2) is 8.78 Å². The van der Waals surface area contributed by atoms with Crippen LogP contribution in [0.2, 0.25) is 0 Å². The lowest BCUT2D eigenvalue weighted by molar-refractivity contribution is 0.0991. The van der Waals surface area contributed by atoms with Gasteiger partial charge in [-0.05, 0) is 87.0 Å². The van der Waals surface area contributed by atoms with Gasteiger partial charge in [0, 0.05) is 86.7 Å². The number of aryl methyl sites for hydroxylation is 3. The maximum atomic E-state index is 13.8. The third kappa shape index (κ3) is 7.92. The van der Waals surface area contributed by atoms with E-state index >= 15 is 0 Å². The number of benzene rings is 1. The summed E-state index contributed by atoms with van der Waals surface area (Å²) in [6, 6.07) is 10.4. The Kier molecular flexibility index (Phi) is 10.9. The summed E-state index contributed by atoms with van der Waals surface area (Å²) in [5.74, 6) is 8.18. The summed E-state index contributed by atoms with van der Waals surface area (Å²) >= 11 is 0. The molecule has 0 radical (unpaired) electrons. The van der Waals surface area contributed by atoms with Gasteiger partial charge in [-0.2, -0.15) is 15.3 Å². The number of alkyl halides is 2. The quantitative estimate of drug-likeness (QED) is 0.146. The van der Waals surface area contributed by atoms with Crippen LogP contribution in [0.15, 0.2) is 42.7 Å². The fourth-order valence-electron chi connectivity index (χ4n) is 7.95. The van der Waals surface area contributed by atoms with Crippen molar-refractivity contribution in [3.63, 3.8) is 0 Å². The predicted octanol–water partition coefficient (Wildman–Crippen LogP) is 6.51. The van der Waals surface area contributed by atoms with E-state index in [1.54, 1.807) is 30.2 Å². The molecule has 264 valence electrons. The molecule has 3 aliphatic rings. The summed E-state index contributed by atoms with van der Waals surface area (Å²) in [6.45, 7) is 6.91. The number of hydrogen-bond acceptors (Lipinski definition) is 7. The zero-order valence-electron chi connectivity index (χ0n) is 29.3. The van der Waals surface area contributed by atoms with Gasteiger partial charge >= 0.3 is 0 Å². The van der Waals surface area contributed by atoms with Crippen LogP contribution in [0.25, 0.3) is 11.1 Å². The molecule has 1 aliphatic carbocycles. The van der Waals surface area contributed by atoms with Crippen molar-refractivity contribution in [1.82, 2.24) is 40.0 Å². The fourth-order valence-corrected chi connectivity index (χ4v) is 7.95. The number of halogens is 2. The number of nitrogens with zero attached hydrogens (tertiary/aromatic N) is 7. The minimum absolute atomic E-state index is 0.0496. The van der Waals surface area contributed by atoms with Crippen molar-refractivity contribution in [2.24, 2.45) is 13.0 Å². The summed E-state index contributed by atoms with van der Waals surface area (Å²) in [5, 5.41) is 25.0. The van der Waals surface area contributed by atoms with Gasteiger partial charge in [-0.1, -0.05) is 31.0 Å². The van der Waals surface area contributed by atoms with Crippen molar-refractivity contribution >= 4 is 5.82 Å². The summed E-state index contributed by atoms with van der Waals surface area (Å²) in [6.07, 6.45) is 11.4. The molecule has 1 aromatic carbocycles. The van der Waals surface area contributed by atoms with E-state index in [1.807, 2.05) is 24.3 Å². The molecule has 0 atom stereocenters. The van der Waals surface area contributed by atoms with Crippen LogP contribution in [0.4, 0.5) is 14.6 Å². The maximum Gasteiger partial charge on any atom is 0.264 e. The summed E-state index contributed by atoms with van der Waals surface area (Å²) < 4.78 is 31.5. The van der Waals surface area contributed by atoms with Crippen LogP contribution in [0.1, 0.15) is 98.1 Å². The van der Waals surface area contributed by atoms with E-state index in [1.165, 1.54) is 24.1 Å². The Bertz CT molecular complexity index is 1790. The molecular weight excluding hydrogens is 632 g/mol. The SMILES string of the molecule is CCc1ccc(C#CC2CCC(N3CCC(n4nc(NCCCc5ccc(C(F)F)c(-c6cnn(C)c6)c5)c5c4CCNC5)CC3)CC2)nn1. The molecule has 2 fully saturated rings. The van der Waals surface area contributed by atoms with Crippen molar-refractivity contribution in [3.05, 3.63) is 76.5 Å². The van der Waals surface area contributed by atoms with Crippen LogP contribution in [0, 0.1) is 17.8 Å². The zero-order chi connectivity index (χ0) is 34.5. The van der Waals surface area contributed by atoms with E-state index in [9.17, 15) is 8.78 Å². The highest BCUT2D eigenvalue weighted by Gasteiger charge is 2.32. The number of likely N-dealkylation sites (tertiary alicyclic amines) is 1. The number of aromatic nitrogens is 6. The monoisotopic (exact) mass is 681 g/mol. The highest BCUT2D eigenvalue weighted by Crippen LogP contribution is 2.35. The molecule has 2 N–H and O–H groups in total. The van der Waals surface area contributed by atoms with E-state index in [0.717, 1.165) is 112 Å². The lowest BCUT2D eigenvalue weighted by Gasteiger charge is -2.40. The Morgan fingerprint density at radius 1 is 1.02 bits per heavy atom. The average molecular weight is 682 g/mol. The molecule has 7 rings (SSSR count). The second-order valence-electron chi connectivity index (χ2n) is 14.1. The van der Waals surface area contributed by atoms with Gasteiger partial charge in [0.2, 0.25) is 0 Å². The molecule has 0 bridgehead atoms. The Balaban J connectivity index is 0.911. The van der Waals surface area contributed by atoms with Crippen LogP contribution in [0.3, 0.4) is 0 Å². The van der Waals surface area contributed by atoms with Crippen molar-refractivity contribution in [3.8, 4) is 23.0 Å². The number of piperidine rings is 1. The van der Waals surface area contributed by atoms with E-state index in [-0.39, 0.29) is 5.56 Å². The molecule has 2 aliphatic heterocycles. The second kappa shape index (κ2) is 15.8. The van der Waals surface area contributed by atoms with Crippen LogP contribution < -0.4 is 10.6 Å². The van der Waals surface area contributed by atoms with Crippen LogP contribution in [-0.2, 0) is 32.9 Å². The van der Waals surface area contributed by atoms with Gasteiger partial charge in [0.05, 0.1) is 17.9 Å². The predicted molar refractivity (Wildman–Crippen MR) is 192 cm³/mol. The largest absolute Gasteiger partial charge is 0.368 e. The number of anilines is 1. The summed E-state index contributed by atoms with van der Waals surface area (Å²) in [5.41, 5.74) is 6.83. The first-order chi connectivity index (χ1) is 24.4. The topological polar surface area (TPSA) is 88.7 Å². The zero-order valence-corrected chi connectivity index (χ0v) is 29.3. The van der Waals surface area contributed by atoms with E-state index in [4.69, 9.17) is 5.10 Å². The van der Waals surface area contributed by atoms with Gasteiger partial charge in [0.15, 0.2) is 5.82 Å². The van der Waals surface area contributed by atoms with Gasteiger partial charge in [-0.3, -0.25) is 9.36 Å². The molecular formula is C39H49F2N9. The third-order valence-corrected chi connectivity index (χ3v) is 10.8. The second-order valence-corrected chi connectivity index (χ2v) is 14.1. The van der Waals surface area contributed by atoms with E-state index in [2.05, 4.69) is 54.3 Å². The van der Waals surface area contributed by atoms with Crippen LogP contribution in [0.5, 0.6) is 0 Å². The molecule has 11 heteroatoms. The summed E-state index contributed by atoms with van der Waals surface area (Å²) in [7, 11) is 1.80. The van der Waals surface area contributed by atoms with Crippen molar-refractivity contribution in [2.45, 2.75) is 96.2 Å². The number of nitrogens with one attached hydrogen (secondary N) is 2. The van der Waals surface area contributed by atoms with Crippen LogP contribution in [-0.4, -0.2) is 66.9 Å². The smallest absolute Gasteiger partial charge is 0.264 e. The molecule has 3 aromatic heterocycles. The molecule has 0 spiro atoms. The van der Waals surface area contributed by atoms with Crippen LogP contribution >= 0.6 is 0 Å². The standard InChI is InChI=1S/C39H49F2N9/c1-3-30-11-12-31(46-45-30)10-6-27-7-13-32(14-8-27)49-21-17-33(18-22-49)50-37-16-20-42-25-36(37)39(47-50)43-19-4-5-28-9-15-34(38(40)41)35(23-28)29-24-44-48(2)26-29/h9,11-12,15,23-24,26-27,32-33,38,42H,3-5,7-8,13-14,16-22,25H2,1-2H3,(H,43,47). The van der Waals surface area contributed by atoms with Gasteiger partial charge in [-0.15, -0.1) is 5.10 Å². The van der Waals surface area contributed by atoms with Gasteiger partial charge < -0.3 is 15.5 Å². The average Bonchev–Trinajstić information content (AvgIpc) is 3.76. The van der Waals surface area contributed by atoms with E-state index < -0.39 is 6.43 Å². The first kappa shape index (κ1) is 34.3. The first-order valence-corrected chi connectivity index (χ1v) is 18.5.